The Kier molecular flexibility index (Phi) is 7.91. The highest BCUT2D eigenvalue weighted by Gasteiger charge is 2.08. The standard InChI is InChI=1S/C15H24FNOS/c1-12(17-9-5-4-6-10-19-3)13-7-8-15(18-2)14(16)11-13/h7-8,11-12,17H,4-6,9-10H2,1-3H3. The first-order valence-electron chi connectivity index (χ1n) is 6.74. The maximum Gasteiger partial charge on any atom is 0.165 e. The maximum absolute atomic E-state index is 13.6. The average molecular weight is 285 g/mol. The molecule has 0 saturated carbocycles. The number of halogens is 1. The van der Waals surface area contributed by atoms with Crippen LogP contribution in [0, 0.1) is 5.82 Å². The second-order valence-corrected chi connectivity index (χ2v) is 5.61. The Morgan fingerprint density at radius 3 is 2.74 bits per heavy atom. The summed E-state index contributed by atoms with van der Waals surface area (Å²) in [5, 5.41) is 3.43. The molecule has 0 heterocycles. The highest BCUT2D eigenvalue weighted by atomic mass is 32.2. The van der Waals surface area contributed by atoms with E-state index in [1.807, 2.05) is 17.8 Å². The lowest BCUT2D eigenvalue weighted by atomic mass is 10.1. The minimum absolute atomic E-state index is 0.168. The van der Waals surface area contributed by atoms with Crippen LogP contribution >= 0.6 is 11.8 Å². The third kappa shape index (κ3) is 5.83. The summed E-state index contributed by atoms with van der Waals surface area (Å²) in [6.07, 6.45) is 5.83. The van der Waals surface area contributed by atoms with Gasteiger partial charge in [0, 0.05) is 6.04 Å². The van der Waals surface area contributed by atoms with Gasteiger partial charge in [0.15, 0.2) is 11.6 Å². The fraction of sp³-hybridized carbons (Fsp3) is 0.600. The summed E-state index contributed by atoms with van der Waals surface area (Å²) in [4.78, 5) is 0. The fourth-order valence-corrected chi connectivity index (χ4v) is 2.43. The number of ether oxygens (including phenoxy) is 1. The van der Waals surface area contributed by atoms with Crippen molar-refractivity contribution in [2.75, 3.05) is 25.7 Å². The SMILES string of the molecule is COc1ccc(C(C)NCCCCCSC)cc1F. The molecular formula is C15H24FNOS. The number of nitrogens with one attached hydrogen (secondary N) is 1. The topological polar surface area (TPSA) is 21.3 Å². The smallest absolute Gasteiger partial charge is 0.165 e. The zero-order valence-electron chi connectivity index (χ0n) is 12.0. The van der Waals surface area contributed by atoms with Gasteiger partial charge in [-0.15, -0.1) is 0 Å². The lowest BCUT2D eigenvalue weighted by molar-refractivity contribution is 0.385. The van der Waals surface area contributed by atoms with Gasteiger partial charge in [-0.2, -0.15) is 11.8 Å². The molecule has 2 nitrogen and oxygen atoms in total. The number of methoxy groups -OCH3 is 1. The molecule has 0 saturated heterocycles. The number of hydrogen-bond donors (Lipinski definition) is 1. The van der Waals surface area contributed by atoms with Gasteiger partial charge in [0.2, 0.25) is 0 Å². The van der Waals surface area contributed by atoms with E-state index in [9.17, 15) is 4.39 Å². The van der Waals surface area contributed by atoms with Crippen molar-refractivity contribution in [2.24, 2.45) is 0 Å². The van der Waals surface area contributed by atoms with Crippen molar-refractivity contribution < 1.29 is 9.13 Å². The number of thioether (sulfide) groups is 1. The van der Waals surface area contributed by atoms with Gasteiger partial charge >= 0.3 is 0 Å². The maximum atomic E-state index is 13.6. The average Bonchev–Trinajstić information content (AvgIpc) is 2.42. The van der Waals surface area contributed by atoms with Crippen molar-refractivity contribution in [3.8, 4) is 5.75 Å². The zero-order chi connectivity index (χ0) is 14.1. The van der Waals surface area contributed by atoms with E-state index in [0.717, 1.165) is 12.1 Å². The van der Waals surface area contributed by atoms with Crippen LogP contribution in [0.5, 0.6) is 5.75 Å². The van der Waals surface area contributed by atoms with E-state index >= 15 is 0 Å². The molecule has 0 aromatic heterocycles. The molecule has 1 aromatic rings. The Morgan fingerprint density at radius 1 is 1.32 bits per heavy atom. The molecule has 0 amide bonds. The predicted octanol–water partition coefficient (Wildman–Crippen LogP) is 4.02. The lowest BCUT2D eigenvalue weighted by Gasteiger charge is -2.15. The van der Waals surface area contributed by atoms with Crippen LogP contribution in [0.4, 0.5) is 4.39 Å². The summed E-state index contributed by atoms with van der Waals surface area (Å²) >= 11 is 1.89. The second kappa shape index (κ2) is 9.21. The molecule has 4 heteroatoms. The van der Waals surface area contributed by atoms with E-state index in [4.69, 9.17) is 4.74 Å². The molecule has 0 spiro atoms. The minimum atomic E-state index is -0.298. The first-order valence-corrected chi connectivity index (χ1v) is 8.14. The normalized spacial score (nSPS) is 12.4. The number of unbranched alkanes of at least 4 members (excludes halogenated alkanes) is 2. The summed E-state index contributed by atoms with van der Waals surface area (Å²) in [5.41, 5.74) is 0.961. The lowest BCUT2D eigenvalue weighted by Crippen LogP contribution is -2.20. The van der Waals surface area contributed by atoms with E-state index in [1.165, 1.54) is 32.1 Å². The van der Waals surface area contributed by atoms with Crippen LogP contribution in [0.15, 0.2) is 18.2 Å². The van der Waals surface area contributed by atoms with Crippen molar-refractivity contribution in [3.63, 3.8) is 0 Å². The molecule has 0 bridgehead atoms. The van der Waals surface area contributed by atoms with Crippen LogP contribution in [0.1, 0.15) is 37.8 Å². The Labute approximate surface area is 120 Å². The number of hydrogen-bond acceptors (Lipinski definition) is 3. The molecule has 0 fully saturated rings. The minimum Gasteiger partial charge on any atom is -0.494 e. The van der Waals surface area contributed by atoms with E-state index in [1.54, 1.807) is 12.1 Å². The summed E-state index contributed by atoms with van der Waals surface area (Å²) in [6, 6.07) is 5.31. The highest BCUT2D eigenvalue weighted by molar-refractivity contribution is 7.98. The van der Waals surface area contributed by atoms with Crippen LogP contribution in [0.25, 0.3) is 0 Å². The summed E-state index contributed by atoms with van der Waals surface area (Å²) in [5.74, 6) is 1.24. The molecule has 0 aliphatic rings. The molecule has 108 valence electrons. The number of benzene rings is 1. The Balaban J connectivity index is 2.33. The van der Waals surface area contributed by atoms with Crippen molar-refractivity contribution in [1.82, 2.24) is 5.32 Å². The Hall–Kier alpha value is -0.740. The molecule has 1 rings (SSSR count). The quantitative estimate of drug-likeness (QED) is 0.692. The summed E-state index contributed by atoms with van der Waals surface area (Å²) in [6.45, 7) is 3.03. The van der Waals surface area contributed by atoms with Crippen molar-refractivity contribution in [2.45, 2.75) is 32.2 Å². The van der Waals surface area contributed by atoms with E-state index in [2.05, 4.69) is 18.5 Å². The van der Waals surface area contributed by atoms with E-state index in [0.29, 0.717) is 5.75 Å². The van der Waals surface area contributed by atoms with Crippen molar-refractivity contribution >= 4 is 11.8 Å². The van der Waals surface area contributed by atoms with Crippen LogP contribution in [0.2, 0.25) is 0 Å². The van der Waals surface area contributed by atoms with Gasteiger partial charge in [-0.05, 0) is 56.0 Å². The molecule has 1 unspecified atom stereocenters. The fourth-order valence-electron chi connectivity index (χ4n) is 1.94. The van der Waals surface area contributed by atoms with Crippen LogP contribution in [-0.2, 0) is 0 Å². The second-order valence-electron chi connectivity index (χ2n) is 4.62. The third-order valence-corrected chi connectivity index (χ3v) is 3.85. The van der Waals surface area contributed by atoms with E-state index < -0.39 is 0 Å². The Bertz CT molecular complexity index is 373. The van der Waals surface area contributed by atoms with Gasteiger partial charge in [0.25, 0.3) is 0 Å². The van der Waals surface area contributed by atoms with Crippen molar-refractivity contribution in [1.29, 1.82) is 0 Å². The Morgan fingerprint density at radius 2 is 2.11 bits per heavy atom. The molecule has 0 radical (unpaired) electrons. The molecule has 0 aliphatic heterocycles. The molecular weight excluding hydrogens is 261 g/mol. The highest BCUT2D eigenvalue weighted by Crippen LogP contribution is 2.21. The van der Waals surface area contributed by atoms with Gasteiger partial charge < -0.3 is 10.1 Å². The summed E-state index contributed by atoms with van der Waals surface area (Å²) < 4.78 is 18.5. The largest absolute Gasteiger partial charge is 0.494 e. The summed E-state index contributed by atoms with van der Waals surface area (Å²) in [7, 11) is 1.48. The van der Waals surface area contributed by atoms with E-state index in [-0.39, 0.29) is 11.9 Å². The molecule has 1 aromatic carbocycles. The molecule has 1 N–H and O–H groups in total. The van der Waals surface area contributed by atoms with Gasteiger partial charge in [-0.3, -0.25) is 0 Å². The van der Waals surface area contributed by atoms with Gasteiger partial charge in [0.1, 0.15) is 0 Å². The first-order chi connectivity index (χ1) is 9.19. The zero-order valence-corrected chi connectivity index (χ0v) is 12.9. The van der Waals surface area contributed by atoms with Crippen LogP contribution < -0.4 is 10.1 Å². The third-order valence-electron chi connectivity index (χ3n) is 3.15. The van der Waals surface area contributed by atoms with Gasteiger partial charge in [0.05, 0.1) is 7.11 Å². The predicted molar refractivity (Wildman–Crippen MR) is 81.6 cm³/mol. The first kappa shape index (κ1) is 16.3. The van der Waals surface area contributed by atoms with Crippen molar-refractivity contribution in [3.05, 3.63) is 29.6 Å². The van der Waals surface area contributed by atoms with Gasteiger partial charge in [-0.25, -0.2) is 4.39 Å². The molecule has 19 heavy (non-hydrogen) atoms. The van der Waals surface area contributed by atoms with Gasteiger partial charge in [-0.1, -0.05) is 12.5 Å². The van der Waals surface area contributed by atoms with Crippen LogP contribution in [0.3, 0.4) is 0 Å². The number of rotatable bonds is 9. The monoisotopic (exact) mass is 285 g/mol. The van der Waals surface area contributed by atoms with Crippen LogP contribution in [-0.4, -0.2) is 25.7 Å². The molecule has 1 atom stereocenters. The molecule has 0 aliphatic carbocycles.